The van der Waals surface area contributed by atoms with Crippen molar-refractivity contribution in [2.45, 2.75) is 6.92 Å². The zero-order valence-electron chi connectivity index (χ0n) is 10.8. The van der Waals surface area contributed by atoms with Gasteiger partial charge in [0.25, 0.3) is 0 Å². The Hall–Kier alpha value is -0.970. The third-order valence-electron chi connectivity index (χ3n) is 2.84. The van der Waals surface area contributed by atoms with E-state index in [1.807, 2.05) is 24.3 Å². The molecule has 0 aromatic heterocycles. The van der Waals surface area contributed by atoms with Gasteiger partial charge in [-0.3, -0.25) is 0 Å². The quantitative estimate of drug-likeness (QED) is 0.775. The minimum atomic E-state index is -3.51. The van der Waals surface area contributed by atoms with Crippen LogP contribution in [0, 0.1) is 5.92 Å². The summed E-state index contributed by atoms with van der Waals surface area (Å²) in [4.78, 5) is 0. The van der Waals surface area contributed by atoms with Gasteiger partial charge in [0.1, 0.15) is 5.75 Å². The molecule has 0 saturated heterocycles. The molecule has 0 fully saturated rings. The number of hydrogen-bond donors (Lipinski definition) is 0. The Morgan fingerprint density at radius 3 is 2.45 bits per heavy atom. The van der Waals surface area contributed by atoms with Crippen molar-refractivity contribution in [2.75, 3.05) is 12.4 Å². The van der Waals surface area contributed by atoms with Crippen molar-refractivity contribution in [3.05, 3.63) is 41.4 Å². The van der Waals surface area contributed by atoms with Gasteiger partial charge in [-0.15, -0.1) is 0 Å². The maximum Gasteiger partial charge on any atom is 0.232 e. The lowest BCUT2D eigenvalue weighted by atomic mass is 10.1. The Labute approximate surface area is 127 Å². The first-order valence-electron chi connectivity index (χ1n) is 6.09. The van der Waals surface area contributed by atoms with E-state index in [0.717, 1.165) is 10.8 Å². The summed E-state index contributed by atoms with van der Waals surface area (Å²) >= 11 is 6.13. The van der Waals surface area contributed by atoms with Crippen molar-refractivity contribution >= 4 is 42.1 Å². The van der Waals surface area contributed by atoms with E-state index in [-0.39, 0.29) is 18.3 Å². The average molecular weight is 333 g/mol. The summed E-state index contributed by atoms with van der Waals surface area (Å²) in [5.41, 5.74) is 0. The average Bonchev–Trinajstić information content (AvgIpc) is 2.36. The van der Waals surface area contributed by atoms with Gasteiger partial charge in [-0.2, -0.15) is 0 Å². The fourth-order valence-electron chi connectivity index (χ4n) is 1.98. The van der Waals surface area contributed by atoms with Crippen molar-refractivity contribution < 1.29 is 13.2 Å². The molecule has 0 aliphatic rings. The number of ether oxygens (including phenoxy) is 1. The molecular formula is C14H14Cl2O3S. The standard InChI is InChI=1S/C14H14Cl2O3S/c1-10(9-20(16,17)18)8-19-14-7-6-13(15)11-4-2-3-5-12(11)14/h2-7,10H,8-9H2,1H3. The minimum absolute atomic E-state index is 0.111. The van der Waals surface area contributed by atoms with Gasteiger partial charge >= 0.3 is 0 Å². The van der Waals surface area contributed by atoms with E-state index in [4.69, 9.17) is 27.0 Å². The van der Waals surface area contributed by atoms with E-state index in [0.29, 0.717) is 10.8 Å². The van der Waals surface area contributed by atoms with Crippen LogP contribution < -0.4 is 4.74 Å². The third kappa shape index (κ3) is 4.01. The number of hydrogen-bond acceptors (Lipinski definition) is 3. The zero-order valence-corrected chi connectivity index (χ0v) is 13.2. The van der Waals surface area contributed by atoms with Gasteiger partial charge in [0.2, 0.25) is 9.05 Å². The molecule has 108 valence electrons. The van der Waals surface area contributed by atoms with Crippen LogP contribution in [0.4, 0.5) is 0 Å². The molecule has 20 heavy (non-hydrogen) atoms. The van der Waals surface area contributed by atoms with Crippen LogP contribution in [0.1, 0.15) is 6.92 Å². The SMILES string of the molecule is CC(COc1ccc(Cl)c2ccccc12)CS(=O)(=O)Cl. The van der Waals surface area contributed by atoms with Gasteiger partial charge < -0.3 is 4.74 Å². The Balaban J connectivity index is 2.17. The molecular weight excluding hydrogens is 319 g/mol. The van der Waals surface area contributed by atoms with E-state index >= 15 is 0 Å². The molecule has 0 N–H and O–H groups in total. The summed E-state index contributed by atoms with van der Waals surface area (Å²) in [6.45, 7) is 2.05. The number of benzene rings is 2. The van der Waals surface area contributed by atoms with E-state index in [1.54, 1.807) is 19.1 Å². The predicted molar refractivity (Wildman–Crippen MR) is 83.3 cm³/mol. The van der Waals surface area contributed by atoms with Crippen LogP contribution >= 0.6 is 22.3 Å². The topological polar surface area (TPSA) is 43.4 Å². The highest BCUT2D eigenvalue weighted by atomic mass is 35.7. The molecule has 0 aliphatic heterocycles. The Morgan fingerprint density at radius 2 is 1.80 bits per heavy atom. The fourth-order valence-corrected chi connectivity index (χ4v) is 3.63. The summed E-state index contributed by atoms with van der Waals surface area (Å²) in [6.07, 6.45) is 0. The molecule has 3 nitrogen and oxygen atoms in total. The molecule has 0 saturated carbocycles. The lowest BCUT2D eigenvalue weighted by Gasteiger charge is -2.13. The van der Waals surface area contributed by atoms with Gasteiger partial charge in [-0.05, 0) is 12.1 Å². The molecule has 2 rings (SSSR count). The third-order valence-corrected chi connectivity index (χ3v) is 4.51. The summed E-state index contributed by atoms with van der Waals surface area (Å²) < 4.78 is 27.7. The summed E-state index contributed by atoms with van der Waals surface area (Å²) in [5.74, 6) is 0.385. The first-order valence-corrected chi connectivity index (χ1v) is 8.95. The summed E-state index contributed by atoms with van der Waals surface area (Å²) in [5, 5.41) is 2.47. The van der Waals surface area contributed by atoms with Crippen LogP contribution in [-0.2, 0) is 9.05 Å². The van der Waals surface area contributed by atoms with E-state index < -0.39 is 9.05 Å². The molecule has 0 radical (unpaired) electrons. The highest BCUT2D eigenvalue weighted by Crippen LogP contribution is 2.31. The highest BCUT2D eigenvalue weighted by molar-refractivity contribution is 8.13. The van der Waals surface area contributed by atoms with Gasteiger partial charge in [-0.1, -0.05) is 42.8 Å². The van der Waals surface area contributed by atoms with Crippen LogP contribution in [0.2, 0.25) is 5.02 Å². The first kappa shape index (κ1) is 15.4. The molecule has 0 amide bonds. The van der Waals surface area contributed by atoms with E-state index in [9.17, 15) is 8.42 Å². The molecule has 2 aromatic carbocycles. The number of rotatable bonds is 5. The van der Waals surface area contributed by atoms with Crippen LogP contribution in [-0.4, -0.2) is 20.8 Å². The van der Waals surface area contributed by atoms with Gasteiger partial charge in [0.15, 0.2) is 0 Å². The smallest absolute Gasteiger partial charge is 0.232 e. The number of halogens is 2. The Bertz CT molecular complexity index is 713. The monoisotopic (exact) mass is 332 g/mol. The van der Waals surface area contributed by atoms with E-state index in [1.165, 1.54) is 0 Å². The lowest BCUT2D eigenvalue weighted by molar-refractivity contribution is 0.275. The number of fused-ring (bicyclic) bond motifs is 1. The van der Waals surface area contributed by atoms with Crippen molar-refractivity contribution in [3.8, 4) is 5.75 Å². The maximum absolute atomic E-state index is 11.0. The Morgan fingerprint density at radius 1 is 1.15 bits per heavy atom. The van der Waals surface area contributed by atoms with Crippen LogP contribution in [0.3, 0.4) is 0 Å². The van der Waals surface area contributed by atoms with Crippen molar-refractivity contribution in [2.24, 2.45) is 5.92 Å². The van der Waals surface area contributed by atoms with Crippen LogP contribution in [0.5, 0.6) is 5.75 Å². The van der Waals surface area contributed by atoms with Gasteiger partial charge in [0, 0.05) is 32.4 Å². The molecule has 6 heteroatoms. The second-order valence-electron chi connectivity index (χ2n) is 4.71. The van der Waals surface area contributed by atoms with Crippen molar-refractivity contribution in [3.63, 3.8) is 0 Å². The van der Waals surface area contributed by atoms with Crippen LogP contribution in [0.25, 0.3) is 10.8 Å². The molecule has 0 aliphatic carbocycles. The molecule has 0 heterocycles. The largest absolute Gasteiger partial charge is 0.493 e. The van der Waals surface area contributed by atoms with E-state index in [2.05, 4.69) is 0 Å². The molecule has 0 bridgehead atoms. The minimum Gasteiger partial charge on any atom is -0.493 e. The van der Waals surface area contributed by atoms with Crippen molar-refractivity contribution in [1.29, 1.82) is 0 Å². The first-order chi connectivity index (χ1) is 9.37. The predicted octanol–water partition coefficient (Wildman–Crippen LogP) is 4.08. The fraction of sp³-hybridized carbons (Fsp3) is 0.286. The van der Waals surface area contributed by atoms with Gasteiger partial charge in [0.05, 0.1) is 12.4 Å². The lowest BCUT2D eigenvalue weighted by Crippen LogP contribution is -2.16. The normalized spacial score (nSPS) is 13.3. The molecule has 0 spiro atoms. The van der Waals surface area contributed by atoms with Crippen molar-refractivity contribution in [1.82, 2.24) is 0 Å². The Kier molecular flexibility index (Phi) is 4.78. The summed E-state index contributed by atoms with van der Waals surface area (Å²) in [7, 11) is 1.72. The molecule has 1 atom stereocenters. The highest BCUT2D eigenvalue weighted by Gasteiger charge is 2.14. The maximum atomic E-state index is 11.0. The molecule has 1 unspecified atom stereocenters. The summed E-state index contributed by atoms with van der Waals surface area (Å²) in [6, 6.07) is 11.2. The molecule has 2 aromatic rings. The van der Waals surface area contributed by atoms with Gasteiger partial charge in [-0.25, -0.2) is 8.42 Å². The second kappa shape index (κ2) is 6.20. The zero-order chi connectivity index (χ0) is 14.8. The second-order valence-corrected chi connectivity index (χ2v) is 7.94. The van der Waals surface area contributed by atoms with Crippen LogP contribution in [0.15, 0.2) is 36.4 Å².